The molecule has 1 rings (SSSR count). The second-order valence-electron chi connectivity index (χ2n) is 7.06. The summed E-state index contributed by atoms with van der Waals surface area (Å²) in [5.41, 5.74) is -0.848. The number of carbonyl (C=O) groups excluding carboxylic acids is 1. The molecular weight excluding hydrogens is 358 g/mol. The van der Waals surface area contributed by atoms with E-state index in [-0.39, 0.29) is 18.9 Å². The van der Waals surface area contributed by atoms with Crippen molar-refractivity contribution in [3.8, 4) is 0 Å². The van der Waals surface area contributed by atoms with Crippen molar-refractivity contribution < 1.29 is 34.5 Å². The SMILES string of the molecule is CC(=O)CCCCC1(N(CC(=O)O)CC(=O)O)CNCCN(CC(=O)O)C1. The van der Waals surface area contributed by atoms with Gasteiger partial charge in [0.1, 0.15) is 5.78 Å². The van der Waals surface area contributed by atoms with Gasteiger partial charge < -0.3 is 25.4 Å². The normalized spacial score (nSPS) is 21.0. The zero-order valence-corrected chi connectivity index (χ0v) is 15.6. The highest BCUT2D eigenvalue weighted by atomic mass is 16.4. The third-order valence-electron chi connectivity index (χ3n) is 4.68. The Kier molecular flexibility index (Phi) is 9.33. The zero-order chi connectivity index (χ0) is 20.4. The first kappa shape index (κ1) is 23.0. The number of nitrogens with one attached hydrogen (secondary N) is 1. The fourth-order valence-electron chi connectivity index (χ4n) is 3.52. The monoisotopic (exact) mass is 387 g/mol. The van der Waals surface area contributed by atoms with Gasteiger partial charge >= 0.3 is 17.9 Å². The highest BCUT2D eigenvalue weighted by Crippen LogP contribution is 2.26. The highest BCUT2D eigenvalue weighted by molar-refractivity contribution is 5.75. The summed E-state index contributed by atoms with van der Waals surface area (Å²) in [5.74, 6) is -3.23. The average molecular weight is 387 g/mol. The maximum Gasteiger partial charge on any atom is 0.317 e. The molecule has 1 unspecified atom stereocenters. The van der Waals surface area contributed by atoms with Crippen LogP contribution in [0.1, 0.15) is 32.6 Å². The molecule has 27 heavy (non-hydrogen) atoms. The molecule has 0 aromatic heterocycles. The number of nitrogens with zero attached hydrogens (tertiary/aromatic N) is 2. The Hall–Kier alpha value is -2.04. The van der Waals surface area contributed by atoms with Crippen LogP contribution in [0.5, 0.6) is 0 Å². The van der Waals surface area contributed by atoms with E-state index in [2.05, 4.69) is 5.32 Å². The number of aliphatic carboxylic acids is 3. The molecule has 0 aromatic rings. The molecule has 0 saturated carbocycles. The molecule has 154 valence electrons. The summed E-state index contributed by atoms with van der Waals surface area (Å²) in [6, 6.07) is 0. The van der Waals surface area contributed by atoms with Gasteiger partial charge in [-0.2, -0.15) is 0 Å². The molecule has 10 nitrogen and oxygen atoms in total. The van der Waals surface area contributed by atoms with Crippen LogP contribution in [0.15, 0.2) is 0 Å². The number of carboxylic acid groups (broad SMARTS) is 3. The summed E-state index contributed by atoms with van der Waals surface area (Å²) < 4.78 is 0. The molecule has 0 aromatic carbocycles. The molecule has 0 amide bonds. The van der Waals surface area contributed by atoms with E-state index in [1.807, 2.05) is 0 Å². The summed E-state index contributed by atoms with van der Waals surface area (Å²) in [5, 5.41) is 30.8. The minimum absolute atomic E-state index is 0.0588. The summed E-state index contributed by atoms with van der Waals surface area (Å²) in [4.78, 5) is 48.1. The van der Waals surface area contributed by atoms with Crippen molar-refractivity contribution >= 4 is 23.7 Å². The van der Waals surface area contributed by atoms with Crippen molar-refractivity contribution in [3.05, 3.63) is 0 Å². The molecule has 1 saturated heterocycles. The van der Waals surface area contributed by atoms with Gasteiger partial charge in [0.15, 0.2) is 0 Å². The van der Waals surface area contributed by atoms with Gasteiger partial charge in [-0.1, -0.05) is 6.42 Å². The van der Waals surface area contributed by atoms with Crippen LogP contribution in [0.4, 0.5) is 0 Å². The molecule has 4 N–H and O–H groups in total. The molecule has 0 bridgehead atoms. The molecule has 1 fully saturated rings. The van der Waals surface area contributed by atoms with E-state index >= 15 is 0 Å². The second-order valence-corrected chi connectivity index (χ2v) is 7.06. The Balaban J connectivity index is 3.08. The number of unbranched alkanes of at least 4 members (excludes halogenated alkanes) is 1. The minimum atomic E-state index is -1.15. The summed E-state index contributed by atoms with van der Waals surface area (Å²) in [7, 11) is 0. The van der Waals surface area contributed by atoms with Crippen molar-refractivity contribution in [2.45, 2.75) is 38.1 Å². The van der Waals surface area contributed by atoms with E-state index in [0.29, 0.717) is 45.3 Å². The van der Waals surface area contributed by atoms with E-state index in [1.165, 1.54) is 11.8 Å². The zero-order valence-electron chi connectivity index (χ0n) is 15.6. The summed E-state index contributed by atoms with van der Waals surface area (Å²) >= 11 is 0. The standard InChI is InChI=1S/C17H29N3O7/c1-13(21)4-2-3-5-17(20(9-15(24)25)10-16(26)27)11-18-6-7-19(12-17)8-14(22)23/h18H,2-12H2,1H3,(H,22,23)(H,24,25)(H,26,27). The first-order valence-corrected chi connectivity index (χ1v) is 8.97. The Bertz CT molecular complexity index is 539. The van der Waals surface area contributed by atoms with Crippen molar-refractivity contribution in [1.29, 1.82) is 0 Å². The van der Waals surface area contributed by atoms with E-state index in [0.717, 1.165) is 0 Å². The van der Waals surface area contributed by atoms with Gasteiger partial charge in [-0.25, -0.2) is 0 Å². The van der Waals surface area contributed by atoms with E-state index < -0.39 is 36.5 Å². The molecule has 0 aliphatic carbocycles. The number of hydrogen-bond donors (Lipinski definition) is 4. The lowest BCUT2D eigenvalue weighted by Crippen LogP contribution is -2.61. The Labute approximate surface area is 158 Å². The lowest BCUT2D eigenvalue weighted by atomic mass is 9.88. The molecule has 1 aliphatic heterocycles. The average Bonchev–Trinajstić information content (AvgIpc) is 2.72. The van der Waals surface area contributed by atoms with Gasteiger partial charge in [-0.15, -0.1) is 0 Å². The largest absolute Gasteiger partial charge is 0.480 e. The Morgan fingerprint density at radius 3 is 2.19 bits per heavy atom. The third kappa shape index (κ3) is 8.46. The summed E-state index contributed by atoms with van der Waals surface area (Å²) in [6.07, 6.45) is 2.09. The molecule has 1 atom stereocenters. The fourth-order valence-corrected chi connectivity index (χ4v) is 3.52. The predicted molar refractivity (Wildman–Crippen MR) is 95.7 cm³/mol. The molecule has 1 heterocycles. The Morgan fingerprint density at radius 2 is 1.67 bits per heavy atom. The van der Waals surface area contributed by atoms with Gasteiger partial charge in [0.05, 0.1) is 19.6 Å². The van der Waals surface area contributed by atoms with Crippen molar-refractivity contribution in [1.82, 2.24) is 15.1 Å². The first-order valence-electron chi connectivity index (χ1n) is 8.97. The second kappa shape index (κ2) is 11.0. The van der Waals surface area contributed by atoms with Crippen molar-refractivity contribution in [3.63, 3.8) is 0 Å². The van der Waals surface area contributed by atoms with E-state index in [1.54, 1.807) is 4.90 Å². The van der Waals surface area contributed by atoms with Gasteiger partial charge in [0, 0.05) is 38.1 Å². The maximum absolute atomic E-state index is 11.3. The number of carboxylic acids is 3. The molecule has 10 heteroatoms. The Morgan fingerprint density at radius 1 is 1.04 bits per heavy atom. The maximum atomic E-state index is 11.3. The van der Waals surface area contributed by atoms with Crippen LogP contribution in [0.2, 0.25) is 0 Å². The van der Waals surface area contributed by atoms with Crippen LogP contribution in [0.25, 0.3) is 0 Å². The third-order valence-corrected chi connectivity index (χ3v) is 4.68. The number of carbonyl (C=O) groups is 4. The van der Waals surface area contributed by atoms with Crippen LogP contribution in [-0.4, -0.2) is 100 Å². The molecule has 1 aliphatic rings. The van der Waals surface area contributed by atoms with Crippen LogP contribution < -0.4 is 5.32 Å². The van der Waals surface area contributed by atoms with Crippen LogP contribution in [0, 0.1) is 0 Å². The van der Waals surface area contributed by atoms with Crippen molar-refractivity contribution in [2.75, 3.05) is 45.8 Å². The smallest absolute Gasteiger partial charge is 0.317 e. The number of ketones is 1. The lowest BCUT2D eigenvalue weighted by molar-refractivity contribution is -0.147. The number of rotatable bonds is 12. The fraction of sp³-hybridized carbons (Fsp3) is 0.765. The lowest BCUT2D eigenvalue weighted by Gasteiger charge is -2.44. The van der Waals surface area contributed by atoms with Crippen LogP contribution in [0.3, 0.4) is 0 Å². The topological polar surface area (TPSA) is 147 Å². The molecular formula is C17H29N3O7. The van der Waals surface area contributed by atoms with Crippen LogP contribution in [-0.2, 0) is 19.2 Å². The summed E-state index contributed by atoms with van der Waals surface area (Å²) in [6.45, 7) is 1.97. The van der Waals surface area contributed by atoms with E-state index in [4.69, 9.17) is 5.11 Å². The number of Topliss-reactive ketones (excluding diaryl/α,β-unsaturated/α-hetero) is 1. The number of hydrogen-bond acceptors (Lipinski definition) is 7. The molecule has 0 spiro atoms. The quantitative estimate of drug-likeness (QED) is 0.318. The molecule has 0 radical (unpaired) electrons. The predicted octanol–water partition coefficient (Wildman–Crippen LogP) is -0.664. The van der Waals surface area contributed by atoms with E-state index in [9.17, 15) is 29.4 Å². The van der Waals surface area contributed by atoms with Gasteiger partial charge in [0.25, 0.3) is 0 Å². The first-order chi connectivity index (χ1) is 12.6. The van der Waals surface area contributed by atoms with Gasteiger partial charge in [-0.3, -0.25) is 24.2 Å². The minimum Gasteiger partial charge on any atom is -0.480 e. The van der Waals surface area contributed by atoms with Crippen molar-refractivity contribution in [2.24, 2.45) is 0 Å². The highest BCUT2D eigenvalue weighted by Gasteiger charge is 2.41. The van der Waals surface area contributed by atoms with Gasteiger partial charge in [-0.05, 0) is 19.8 Å². The van der Waals surface area contributed by atoms with Gasteiger partial charge in [0.2, 0.25) is 0 Å². The van der Waals surface area contributed by atoms with Crippen LogP contribution >= 0.6 is 0 Å².